The van der Waals surface area contributed by atoms with Crippen LogP contribution in [-0.2, 0) is 9.53 Å². The molecule has 4 rings (SSSR count). The minimum atomic E-state index is -0.121. The van der Waals surface area contributed by atoms with Gasteiger partial charge < -0.3 is 4.74 Å². The molecule has 0 aromatic rings. The van der Waals surface area contributed by atoms with Gasteiger partial charge in [0, 0.05) is 13.3 Å². The molecule has 9 atom stereocenters. The molecule has 0 radical (unpaired) electrons. The van der Waals surface area contributed by atoms with E-state index in [2.05, 4.69) is 59.8 Å². The normalized spacial score (nSPS) is 43.2. The maximum absolute atomic E-state index is 11.5. The average Bonchev–Trinajstić information content (AvgIpc) is 3.08. The van der Waals surface area contributed by atoms with E-state index in [4.69, 9.17) is 4.74 Å². The van der Waals surface area contributed by atoms with Crippen LogP contribution in [0.4, 0.5) is 0 Å². The first-order valence-corrected chi connectivity index (χ1v) is 13.6. The number of carbonyl (C=O) groups excluding carboxylic acids is 1. The van der Waals surface area contributed by atoms with E-state index in [9.17, 15) is 4.79 Å². The lowest BCUT2D eigenvalue weighted by molar-refractivity contribution is -0.148. The SMILES string of the molecule is CC(=O)O[C@H]1CC[C@@]2(C)C(=CC[C@@H]3[C@H]2CC[C@]2(C)[C@H]3CC[C@H]2[C@@H](C)/C=C/[C@H](C)C(C)C)C1. The summed E-state index contributed by atoms with van der Waals surface area (Å²) in [6.45, 7) is 16.3. The molecule has 4 aliphatic rings. The van der Waals surface area contributed by atoms with Crippen LogP contribution in [0.1, 0.15) is 99.8 Å². The maximum Gasteiger partial charge on any atom is 0.302 e. The van der Waals surface area contributed by atoms with Gasteiger partial charge in [-0.25, -0.2) is 0 Å². The van der Waals surface area contributed by atoms with E-state index in [1.165, 1.54) is 38.5 Å². The van der Waals surface area contributed by atoms with Crippen LogP contribution >= 0.6 is 0 Å². The van der Waals surface area contributed by atoms with Gasteiger partial charge in [0.2, 0.25) is 0 Å². The molecule has 0 saturated heterocycles. The third kappa shape index (κ3) is 4.14. The third-order valence-electron chi connectivity index (χ3n) is 10.9. The number of hydrogen-bond donors (Lipinski definition) is 0. The lowest BCUT2D eigenvalue weighted by Gasteiger charge is -2.58. The molecule has 0 bridgehead atoms. The Hall–Kier alpha value is -1.05. The van der Waals surface area contributed by atoms with Crippen LogP contribution in [0.2, 0.25) is 0 Å². The minimum absolute atomic E-state index is 0.106. The Morgan fingerprint density at radius 2 is 1.78 bits per heavy atom. The van der Waals surface area contributed by atoms with Crippen LogP contribution in [0.25, 0.3) is 0 Å². The van der Waals surface area contributed by atoms with Gasteiger partial charge in [0.25, 0.3) is 0 Å². The summed E-state index contributed by atoms with van der Waals surface area (Å²) in [6.07, 6.45) is 17.8. The molecule has 2 nitrogen and oxygen atoms in total. The van der Waals surface area contributed by atoms with Crippen LogP contribution < -0.4 is 0 Å². The molecule has 0 unspecified atom stereocenters. The Kier molecular flexibility index (Phi) is 6.74. The number of fused-ring (bicyclic) bond motifs is 5. The van der Waals surface area contributed by atoms with Crippen molar-refractivity contribution >= 4 is 5.97 Å². The number of esters is 1. The summed E-state index contributed by atoms with van der Waals surface area (Å²) in [5.74, 6) is 5.35. The summed E-state index contributed by atoms with van der Waals surface area (Å²) < 4.78 is 5.62. The van der Waals surface area contributed by atoms with Crippen LogP contribution in [-0.4, -0.2) is 12.1 Å². The Bertz CT molecular complexity index is 763. The van der Waals surface area contributed by atoms with E-state index in [0.717, 1.165) is 42.4 Å². The summed E-state index contributed by atoms with van der Waals surface area (Å²) in [6, 6.07) is 0. The summed E-state index contributed by atoms with van der Waals surface area (Å²) in [7, 11) is 0. The molecule has 0 amide bonds. The second-order valence-corrected chi connectivity index (χ2v) is 12.8. The van der Waals surface area contributed by atoms with Gasteiger partial charge in [0.1, 0.15) is 6.10 Å². The van der Waals surface area contributed by atoms with Gasteiger partial charge in [0.05, 0.1) is 0 Å². The molecule has 180 valence electrons. The van der Waals surface area contributed by atoms with Crippen molar-refractivity contribution < 1.29 is 9.53 Å². The summed E-state index contributed by atoms with van der Waals surface area (Å²) in [5.41, 5.74) is 2.44. The molecule has 3 saturated carbocycles. The van der Waals surface area contributed by atoms with Crippen LogP contribution in [0, 0.1) is 52.3 Å². The largest absolute Gasteiger partial charge is 0.462 e. The van der Waals surface area contributed by atoms with E-state index in [-0.39, 0.29) is 12.1 Å². The zero-order valence-electron chi connectivity index (χ0n) is 21.8. The highest BCUT2D eigenvalue weighted by molar-refractivity contribution is 5.66. The van der Waals surface area contributed by atoms with Crippen molar-refractivity contribution in [3.8, 4) is 0 Å². The van der Waals surface area contributed by atoms with Gasteiger partial charge in [0.15, 0.2) is 0 Å². The van der Waals surface area contributed by atoms with Gasteiger partial charge in [-0.3, -0.25) is 4.79 Å². The number of carbonyl (C=O) groups is 1. The summed E-state index contributed by atoms with van der Waals surface area (Å²) >= 11 is 0. The highest BCUT2D eigenvalue weighted by Gasteiger charge is 2.59. The fourth-order valence-electron chi connectivity index (χ4n) is 8.57. The molecule has 0 aromatic carbocycles. The second kappa shape index (κ2) is 8.95. The average molecular weight is 441 g/mol. The quantitative estimate of drug-likeness (QED) is 0.320. The lowest BCUT2D eigenvalue weighted by atomic mass is 9.47. The molecule has 0 aliphatic heterocycles. The Balaban J connectivity index is 1.50. The molecule has 0 heterocycles. The Morgan fingerprint density at radius 3 is 2.47 bits per heavy atom. The monoisotopic (exact) mass is 440 g/mol. The molecular weight excluding hydrogens is 392 g/mol. The first-order chi connectivity index (χ1) is 15.1. The molecule has 3 fully saturated rings. The first kappa shape index (κ1) is 24.1. The van der Waals surface area contributed by atoms with Crippen LogP contribution in [0.5, 0.6) is 0 Å². The first-order valence-electron chi connectivity index (χ1n) is 13.6. The van der Waals surface area contributed by atoms with Gasteiger partial charge in [-0.15, -0.1) is 0 Å². The van der Waals surface area contributed by atoms with Crippen molar-refractivity contribution in [1.29, 1.82) is 0 Å². The van der Waals surface area contributed by atoms with Gasteiger partial charge in [-0.1, -0.05) is 65.3 Å². The zero-order chi connectivity index (χ0) is 23.3. The summed E-state index contributed by atoms with van der Waals surface area (Å²) in [4.78, 5) is 11.5. The molecular formula is C30H48O2. The van der Waals surface area contributed by atoms with Gasteiger partial charge in [-0.2, -0.15) is 0 Å². The van der Waals surface area contributed by atoms with E-state index >= 15 is 0 Å². The van der Waals surface area contributed by atoms with Crippen LogP contribution in [0.3, 0.4) is 0 Å². The van der Waals surface area contributed by atoms with Crippen molar-refractivity contribution in [3.63, 3.8) is 0 Å². The van der Waals surface area contributed by atoms with Crippen molar-refractivity contribution in [2.75, 3.05) is 0 Å². The Labute approximate surface area is 197 Å². The fraction of sp³-hybridized carbons (Fsp3) is 0.833. The molecule has 2 heteroatoms. The van der Waals surface area contributed by atoms with E-state index in [1.807, 2.05) is 0 Å². The number of allylic oxidation sites excluding steroid dienone is 3. The molecule has 0 N–H and O–H groups in total. The molecule has 0 aromatic heterocycles. The third-order valence-corrected chi connectivity index (χ3v) is 10.9. The van der Waals surface area contributed by atoms with Crippen molar-refractivity contribution in [2.45, 2.75) is 106 Å². The number of ether oxygens (including phenoxy) is 1. The lowest BCUT2D eigenvalue weighted by Crippen LogP contribution is -2.51. The van der Waals surface area contributed by atoms with E-state index in [1.54, 1.807) is 12.5 Å². The number of hydrogen-bond acceptors (Lipinski definition) is 2. The van der Waals surface area contributed by atoms with Gasteiger partial charge >= 0.3 is 5.97 Å². The standard InChI is InChI=1S/C30H48O2/c1-19(2)20(3)8-9-21(4)26-12-13-27-25-11-10-23-18-24(32-22(5)31)14-16-29(23,6)28(25)15-17-30(26,27)7/h8-10,19-21,24-28H,11-18H2,1-7H3/b9-8+/t20-,21-,24-,25-,26-,27-,28+,29-,30-/m0/s1. The van der Waals surface area contributed by atoms with Gasteiger partial charge in [-0.05, 0) is 97.2 Å². The second-order valence-electron chi connectivity index (χ2n) is 12.8. The molecule has 32 heavy (non-hydrogen) atoms. The minimum Gasteiger partial charge on any atom is -0.462 e. The molecule has 4 aliphatic carbocycles. The summed E-state index contributed by atoms with van der Waals surface area (Å²) in [5, 5.41) is 0. The maximum atomic E-state index is 11.5. The Morgan fingerprint density at radius 1 is 1.03 bits per heavy atom. The predicted molar refractivity (Wildman–Crippen MR) is 133 cm³/mol. The molecule has 0 spiro atoms. The van der Waals surface area contributed by atoms with Crippen LogP contribution in [0.15, 0.2) is 23.8 Å². The zero-order valence-corrected chi connectivity index (χ0v) is 21.8. The van der Waals surface area contributed by atoms with Crippen molar-refractivity contribution in [3.05, 3.63) is 23.8 Å². The topological polar surface area (TPSA) is 26.3 Å². The predicted octanol–water partition coefficient (Wildman–Crippen LogP) is 7.98. The smallest absolute Gasteiger partial charge is 0.302 e. The van der Waals surface area contributed by atoms with E-state index < -0.39 is 0 Å². The fourth-order valence-corrected chi connectivity index (χ4v) is 8.57. The van der Waals surface area contributed by atoms with Crippen molar-refractivity contribution in [2.24, 2.45) is 52.3 Å². The highest BCUT2D eigenvalue weighted by atomic mass is 16.5. The highest BCUT2D eigenvalue weighted by Crippen LogP contribution is 2.67. The van der Waals surface area contributed by atoms with E-state index in [0.29, 0.717) is 22.7 Å². The number of rotatable bonds is 5. The van der Waals surface area contributed by atoms with Crippen molar-refractivity contribution in [1.82, 2.24) is 0 Å².